The fraction of sp³-hybridized carbons (Fsp3) is 0.250. The minimum atomic E-state index is 0.128. The molecule has 16 heavy (non-hydrogen) atoms. The van der Waals surface area contributed by atoms with Crippen molar-refractivity contribution in [3.05, 3.63) is 50.9 Å². The van der Waals surface area contributed by atoms with Crippen LogP contribution in [0, 0.1) is 0 Å². The van der Waals surface area contributed by atoms with E-state index in [4.69, 9.17) is 0 Å². The topological polar surface area (TPSA) is 33.1 Å². The second-order valence-electron chi connectivity index (χ2n) is 3.56. The second kappa shape index (κ2) is 5.57. The maximum atomic E-state index is 9.43. The van der Waals surface area contributed by atoms with Crippen LogP contribution in [0.25, 0.3) is 0 Å². The van der Waals surface area contributed by atoms with Crippen LogP contribution in [-0.2, 0) is 6.42 Å². The summed E-state index contributed by atoms with van der Waals surface area (Å²) in [5.41, 5.74) is 1.15. The van der Waals surface area contributed by atoms with Crippen LogP contribution in [0.5, 0.6) is 0 Å². The molecule has 1 aromatic carbocycles. The molecule has 0 aliphatic rings. The Morgan fingerprint density at radius 1 is 1.44 bits per heavy atom. The number of thiazole rings is 1. The molecule has 2 nitrogen and oxygen atoms in total. The van der Waals surface area contributed by atoms with Gasteiger partial charge in [-0.3, -0.25) is 0 Å². The maximum absolute atomic E-state index is 9.43. The van der Waals surface area contributed by atoms with Gasteiger partial charge in [0.25, 0.3) is 0 Å². The molecule has 4 heteroatoms. The Balaban J connectivity index is 2.16. The van der Waals surface area contributed by atoms with Gasteiger partial charge in [-0.2, -0.15) is 0 Å². The minimum absolute atomic E-state index is 0.128. The van der Waals surface area contributed by atoms with Crippen LogP contribution in [-0.4, -0.2) is 16.7 Å². The monoisotopic (exact) mass is 297 g/mol. The zero-order valence-corrected chi connectivity index (χ0v) is 11.0. The van der Waals surface area contributed by atoms with Gasteiger partial charge in [-0.25, -0.2) is 4.98 Å². The van der Waals surface area contributed by atoms with Crippen molar-refractivity contribution in [1.82, 2.24) is 4.98 Å². The fourth-order valence-corrected chi connectivity index (χ4v) is 2.73. The van der Waals surface area contributed by atoms with Gasteiger partial charge in [0.1, 0.15) is 0 Å². The summed E-state index contributed by atoms with van der Waals surface area (Å²) in [4.78, 5) is 4.25. The molecule has 0 bridgehead atoms. The number of hydrogen-bond donors (Lipinski definition) is 1. The number of aliphatic hydroxyl groups excluding tert-OH is 1. The molecule has 0 saturated carbocycles. The van der Waals surface area contributed by atoms with E-state index >= 15 is 0 Å². The third-order valence-corrected chi connectivity index (χ3v) is 3.74. The van der Waals surface area contributed by atoms with E-state index in [1.807, 2.05) is 23.6 Å². The first kappa shape index (κ1) is 11.8. The standard InChI is InChI=1S/C12H12BrNOS/c13-11-3-1-2-9(6-11)10(8-15)7-12-14-4-5-16-12/h1-6,10,15H,7-8H2. The smallest absolute Gasteiger partial charge is 0.0931 e. The Hall–Kier alpha value is -0.710. The lowest BCUT2D eigenvalue weighted by molar-refractivity contribution is 0.264. The third-order valence-electron chi connectivity index (χ3n) is 2.44. The van der Waals surface area contributed by atoms with E-state index in [1.165, 1.54) is 0 Å². The molecule has 2 aromatic rings. The summed E-state index contributed by atoms with van der Waals surface area (Å²) >= 11 is 5.07. The number of halogens is 1. The van der Waals surface area contributed by atoms with Crippen LogP contribution >= 0.6 is 27.3 Å². The van der Waals surface area contributed by atoms with E-state index in [-0.39, 0.29) is 12.5 Å². The molecular formula is C12H12BrNOS. The van der Waals surface area contributed by atoms with Gasteiger partial charge in [0.05, 0.1) is 11.6 Å². The average molecular weight is 298 g/mol. The van der Waals surface area contributed by atoms with Crippen molar-refractivity contribution in [3.8, 4) is 0 Å². The Morgan fingerprint density at radius 2 is 2.31 bits per heavy atom. The van der Waals surface area contributed by atoms with Crippen molar-refractivity contribution in [1.29, 1.82) is 0 Å². The molecule has 0 amide bonds. The SMILES string of the molecule is OCC(Cc1nccs1)c1cccc(Br)c1. The Kier molecular flexibility index (Phi) is 4.09. The van der Waals surface area contributed by atoms with Gasteiger partial charge in [0, 0.05) is 28.4 Å². The van der Waals surface area contributed by atoms with Crippen molar-refractivity contribution in [2.75, 3.05) is 6.61 Å². The molecule has 1 aromatic heterocycles. The highest BCUT2D eigenvalue weighted by molar-refractivity contribution is 9.10. The highest BCUT2D eigenvalue weighted by Crippen LogP contribution is 2.24. The molecule has 0 aliphatic heterocycles. The lowest BCUT2D eigenvalue weighted by atomic mass is 9.97. The van der Waals surface area contributed by atoms with Gasteiger partial charge < -0.3 is 5.11 Å². The molecule has 84 valence electrons. The Labute approximate surface area is 107 Å². The molecule has 1 atom stereocenters. The molecule has 0 fully saturated rings. The maximum Gasteiger partial charge on any atom is 0.0931 e. The third kappa shape index (κ3) is 2.90. The van der Waals surface area contributed by atoms with E-state index in [9.17, 15) is 5.11 Å². The van der Waals surface area contributed by atoms with Crippen LogP contribution < -0.4 is 0 Å². The van der Waals surface area contributed by atoms with Crippen molar-refractivity contribution in [2.24, 2.45) is 0 Å². The molecule has 1 heterocycles. The minimum Gasteiger partial charge on any atom is -0.396 e. The van der Waals surface area contributed by atoms with E-state index < -0.39 is 0 Å². The first-order valence-electron chi connectivity index (χ1n) is 5.04. The van der Waals surface area contributed by atoms with E-state index in [2.05, 4.69) is 27.0 Å². The highest BCUT2D eigenvalue weighted by Gasteiger charge is 2.12. The Bertz CT molecular complexity index is 444. The highest BCUT2D eigenvalue weighted by atomic mass is 79.9. The van der Waals surface area contributed by atoms with E-state index in [0.29, 0.717) is 0 Å². The fourth-order valence-electron chi connectivity index (χ4n) is 1.61. The number of rotatable bonds is 4. The summed E-state index contributed by atoms with van der Waals surface area (Å²) in [6.45, 7) is 0.149. The van der Waals surface area contributed by atoms with Crippen LogP contribution in [0.1, 0.15) is 16.5 Å². The van der Waals surface area contributed by atoms with Gasteiger partial charge in [-0.05, 0) is 17.7 Å². The second-order valence-corrected chi connectivity index (χ2v) is 5.46. The van der Waals surface area contributed by atoms with E-state index in [0.717, 1.165) is 21.5 Å². The summed E-state index contributed by atoms with van der Waals surface area (Å²) in [6, 6.07) is 8.07. The van der Waals surface area contributed by atoms with Crippen molar-refractivity contribution in [3.63, 3.8) is 0 Å². The van der Waals surface area contributed by atoms with Gasteiger partial charge >= 0.3 is 0 Å². The lowest BCUT2D eigenvalue weighted by Crippen LogP contribution is -2.07. The normalized spacial score (nSPS) is 12.6. The number of aliphatic hydroxyl groups is 1. The summed E-state index contributed by atoms with van der Waals surface area (Å²) in [5, 5.41) is 12.5. The summed E-state index contributed by atoms with van der Waals surface area (Å²) in [5.74, 6) is 0.128. The Morgan fingerprint density at radius 3 is 2.94 bits per heavy atom. The van der Waals surface area contributed by atoms with Crippen molar-refractivity contribution in [2.45, 2.75) is 12.3 Å². The average Bonchev–Trinajstić information content (AvgIpc) is 2.78. The van der Waals surface area contributed by atoms with Crippen molar-refractivity contribution >= 4 is 27.3 Å². The first-order valence-corrected chi connectivity index (χ1v) is 6.71. The quantitative estimate of drug-likeness (QED) is 0.940. The predicted octanol–water partition coefficient (Wildman–Crippen LogP) is 3.22. The number of hydrogen-bond acceptors (Lipinski definition) is 3. The molecule has 2 rings (SSSR count). The number of benzene rings is 1. The van der Waals surface area contributed by atoms with Crippen LogP contribution in [0.3, 0.4) is 0 Å². The summed E-state index contributed by atoms with van der Waals surface area (Å²) in [7, 11) is 0. The molecule has 0 radical (unpaired) electrons. The van der Waals surface area contributed by atoms with Crippen LogP contribution in [0.15, 0.2) is 40.3 Å². The van der Waals surface area contributed by atoms with Gasteiger partial charge in [0.15, 0.2) is 0 Å². The zero-order valence-electron chi connectivity index (χ0n) is 8.64. The zero-order chi connectivity index (χ0) is 11.4. The van der Waals surface area contributed by atoms with Gasteiger partial charge in [-0.15, -0.1) is 11.3 Å². The summed E-state index contributed by atoms with van der Waals surface area (Å²) < 4.78 is 1.04. The molecule has 0 spiro atoms. The largest absolute Gasteiger partial charge is 0.396 e. The first-order chi connectivity index (χ1) is 7.79. The number of nitrogens with zero attached hydrogens (tertiary/aromatic N) is 1. The molecule has 0 saturated heterocycles. The van der Waals surface area contributed by atoms with Gasteiger partial charge in [0.2, 0.25) is 0 Å². The van der Waals surface area contributed by atoms with Gasteiger partial charge in [-0.1, -0.05) is 28.1 Å². The molecule has 1 N–H and O–H groups in total. The van der Waals surface area contributed by atoms with Crippen LogP contribution in [0.2, 0.25) is 0 Å². The lowest BCUT2D eigenvalue weighted by Gasteiger charge is -2.13. The van der Waals surface area contributed by atoms with E-state index in [1.54, 1.807) is 17.5 Å². The van der Waals surface area contributed by atoms with Crippen molar-refractivity contribution < 1.29 is 5.11 Å². The molecule has 1 unspecified atom stereocenters. The number of aromatic nitrogens is 1. The van der Waals surface area contributed by atoms with Crippen LogP contribution in [0.4, 0.5) is 0 Å². The molecular weight excluding hydrogens is 286 g/mol. The summed E-state index contributed by atoms with van der Waals surface area (Å²) in [6.07, 6.45) is 2.60. The molecule has 0 aliphatic carbocycles. The predicted molar refractivity (Wildman–Crippen MR) is 69.8 cm³/mol.